The van der Waals surface area contributed by atoms with Crippen molar-refractivity contribution in [2.45, 2.75) is 31.7 Å². The van der Waals surface area contributed by atoms with Gasteiger partial charge in [-0.3, -0.25) is 4.79 Å². The van der Waals surface area contributed by atoms with E-state index in [9.17, 15) is 9.59 Å². The average Bonchev–Trinajstić information content (AvgIpc) is 2.56. The minimum absolute atomic E-state index is 0.0155. The summed E-state index contributed by atoms with van der Waals surface area (Å²) < 4.78 is 10.4. The SMILES string of the molecule is COCCOc1cccc(NC(=O)NC2CCC(C(=O)O)CC2)c1. The van der Waals surface area contributed by atoms with Gasteiger partial charge < -0.3 is 25.2 Å². The van der Waals surface area contributed by atoms with E-state index in [-0.39, 0.29) is 18.0 Å². The molecule has 7 nitrogen and oxygen atoms in total. The van der Waals surface area contributed by atoms with Crippen LogP contribution >= 0.6 is 0 Å². The number of amides is 2. The Kier molecular flexibility index (Phi) is 6.87. The molecule has 1 aromatic rings. The van der Waals surface area contributed by atoms with Crippen molar-refractivity contribution >= 4 is 17.7 Å². The third-order valence-electron chi connectivity index (χ3n) is 4.06. The molecule has 1 aromatic carbocycles. The molecular weight excluding hydrogens is 312 g/mol. The molecule has 24 heavy (non-hydrogen) atoms. The van der Waals surface area contributed by atoms with Crippen LogP contribution in [0, 0.1) is 5.92 Å². The molecule has 2 rings (SSSR count). The Morgan fingerprint density at radius 1 is 1.21 bits per heavy atom. The second-order valence-electron chi connectivity index (χ2n) is 5.85. The van der Waals surface area contributed by atoms with Crippen molar-refractivity contribution in [1.29, 1.82) is 0 Å². The average molecular weight is 336 g/mol. The number of anilines is 1. The van der Waals surface area contributed by atoms with Crippen LogP contribution in [0.25, 0.3) is 0 Å². The molecule has 1 aliphatic carbocycles. The highest BCUT2D eigenvalue weighted by Gasteiger charge is 2.26. The number of carboxylic acids is 1. The number of ether oxygens (including phenoxy) is 2. The lowest BCUT2D eigenvalue weighted by Gasteiger charge is -2.26. The van der Waals surface area contributed by atoms with Crippen molar-refractivity contribution in [2.24, 2.45) is 5.92 Å². The quantitative estimate of drug-likeness (QED) is 0.665. The number of nitrogens with one attached hydrogen (secondary N) is 2. The summed E-state index contributed by atoms with van der Waals surface area (Å²) in [6, 6.07) is 6.87. The highest BCUT2D eigenvalue weighted by molar-refractivity contribution is 5.89. The summed E-state index contributed by atoms with van der Waals surface area (Å²) in [5.41, 5.74) is 0.640. The number of aliphatic carboxylic acids is 1. The molecule has 0 bridgehead atoms. The largest absolute Gasteiger partial charge is 0.491 e. The van der Waals surface area contributed by atoms with Gasteiger partial charge in [-0.25, -0.2) is 4.79 Å². The van der Waals surface area contributed by atoms with Gasteiger partial charge in [-0.15, -0.1) is 0 Å². The second kappa shape index (κ2) is 9.12. The first kappa shape index (κ1) is 18.1. The Labute approximate surface area is 141 Å². The fraction of sp³-hybridized carbons (Fsp3) is 0.529. The van der Waals surface area contributed by atoms with Gasteiger partial charge >= 0.3 is 12.0 Å². The molecule has 0 heterocycles. The molecule has 7 heteroatoms. The zero-order valence-electron chi connectivity index (χ0n) is 13.8. The van der Waals surface area contributed by atoms with E-state index in [0.717, 1.165) is 0 Å². The number of carbonyl (C=O) groups excluding carboxylic acids is 1. The minimum Gasteiger partial charge on any atom is -0.491 e. The standard InChI is InChI=1S/C17H24N2O5/c1-23-9-10-24-15-4-2-3-14(11-15)19-17(22)18-13-7-5-12(6-8-13)16(20)21/h2-4,11-13H,5-10H2,1H3,(H,20,21)(H2,18,19,22). The first-order valence-corrected chi connectivity index (χ1v) is 8.10. The second-order valence-corrected chi connectivity index (χ2v) is 5.85. The zero-order chi connectivity index (χ0) is 17.4. The summed E-state index contributed by atoms with van der Waals surface area (Å²) >= 11 is 0. The van der Waals surface area contributed by atoms with Gasteiger partial charge in [-0.1, -0.05) is 6.07 Å². The Morgan fingerprint density at radius 2 is 1.96 bits per heavy atom. The van der Waals surface area contributed by atoms with Crippen LogP contribution in [-0.4, -0.2) is 43.5 Å². The number of hydrogen-bond donors (Lipinski definition) is 3. The van der Waals surface area contributed by atoms with Gasteiger partial charge in [0.15, 0.2) is 0 Å². The molecule has 1 aliphatic rings. The molecule has 0 unspecified atom stereocenters. The third-order valence-corrected chi connectivity index (χ3v) is 4.06. The summed E-state index contributed by atoms with van der Waals surface area (Å²) in [7, 11) is 1.61. The van der Waals surface area contributed by atoms with Crippen molar-refractivity contribution < 1.29 is 24.2 Å². The molecule has 0 radical (unpaired) electrons. The monoisotopic (exact) mass is 336 g/mol. The van der Waals surface area contributed by atoms with Gasteiger partial charge in [-0.2, -0.15) is 0 Å². The predicted molar refractivity (Wildman–Crippen MR) is 89.3 cm³/mol. The van der Waals surface area contributed by atoms with Crippen molar-refractivity contribution in [3.63, 3.8) is 0 Å². The Bertz CT molecular complexity index is 556. The molecule has 2 amide bonds. The van der Waals surface area contributed by atoms with Gasteiger partial charge in [0, 0.05) is 24.9 Å². The molecule has 3 N–H and O–H groups in total. The fourth-order valence-electron chi connectivity index (χ4n) is 2.74. The number of hydrogen-bond acceptors (Lipinski definition) is 4. The van der Waals surface area contributed by atoms with E-state index in [1.807, 2.05) is 6.07 Å². The van der Waals surface area contributed by atoms with Crippen LogP contribution in [0.2, 0.25) is 0 Å². The number of carboxylic acid groups (broad SMARTS) is 1. The van der Waals surface area contributed by atoms with Gasteiger partial charge in [0.2, 0.25) is 0 Å². The fourth-order valence-corrected chi connectivity index (χ4v) is 2.74. The van der Waals surface area contributed by atoms with E-state index in [4.69, 9.17) is 14.6 Å². The molecule has 0 spiro atoms. The van der Waals surface area contributed by atoms with E-state index in [1.54, 1.807) is 25.3 Å². The lowest BCUT2D eigenvalue weighted by molar-refractivity contribution is -0.142. The van der Waals surface area contributed by atoms with E-state index in [2.05, 4.69) is 10.6 Å². The van der Waals surface area contributed by atoms with Crippen LogP contribution in [0.15, 0.2) is 24.3 Å². The Morgan fingerprint density at radius 3 is 2.62 bits per heavy atom. The lowest BCUT2D eigenvalue weighted by Crippen LogP contribution is -2.40. The van der Waals surface area contributed by atoms with Crippen LogP contribution in [0.3, 0.4) is 0 Å². The maximum Gasteiger partial charge on any atom is 0.319 e. The molecule has 0 aliphatic heterocycles. The number of urea groups is 1. The third kappa shape index (κ3) is 5.73. The maximum atomic E-state index is 12.1. The smallest absolute Gasteiger partial charge is 0.319 e. The molecule has 0 aromatic heterocycles. The zero-order valence-corrected chi connectivity index (χ0v) is 13.8. The van der Waals surface area contributed by atoms with Crippen LogP contribution in [0.1, 0.15) is 25.7 Å². The summed E-state index contributed by atoms with van der Waals surface area (Å²) in [6.07, 6.45) is 2.57. The van der Waals surface area contributed by atoms with Crippen molar-refractivity contribution in [3.8, 4) is 5.75 Å². The van der Waals surface area contributed by atoms with Crippen molar-refractivity contribution in [3.05, 3.63) is 24.3 Å². The van der Waals surface area contributed by atoms with Crippen molar-refractivity contribution in [1.82, 2.24) is 5.32 Å². The molecule has 1 fully saturated rings. The summed E-state index contributed by atoms with van der Waals surface area (Å²) in [5, 5.41) is 14.7. The van der Waals surface area contributed by atoms with Gasteiger partial charge in [0.25, 0.3) is 0 Å². The molecular formula is C17H24N2O5. The molecule has 1 saturated carbocycles. The summed E-state index contributed by atoms with van der Waals surface area (Å²) in [4.78, 5) is 23.0. The van der Waals surface area contributed by atoms with Crippen molar-refractivity contribution in [2.75, 3.05) is 25.6 Å². The van der Waals surface area contributed by atoms with E-state index < -0.39 is 5.97 Å². The van der Waals surface area contributed by atoms with Crippen LogP contribution < -0.4 is 15.4 Å². The van der Waals surface area contributed by atoms with E-state index in [1.165, 1.54) is 0 Å². The van der Waals surface area contributed by atoms with Crippen LogP contribution in [0.4, 0.5) is 10.5 Å². The van der Waals surface area contributed by atoms with Gasteiger partial charge in [0.1, 0.15) is 12.4 Å². The normalized spacial score (nSPS) is 20.2. The summed E-state index contributed by atoms with van der Waals surface area (Å²) in [5.74, 6) is -0.373. The highest BCUT2D eigenvalue weighted by Crippen LogP contribution is 2.24. The topological polar surface area (TPSA) is 96.9 Å². The number of rotatable bonds is 7. The predicted octanol–water partition coefficient (Wildman–Crippen LogP) is 2.48. The maximum absolute atomic E-state index is 12.1. The van der Waals surface area contributed by atoms with Gasteiger partial charge in [0.05, 0.1) is 12.5 Å². The molecule has 132 valence electrons. The van der Waals surface area contributed by atoms with Gasteiger partial charge in [-0.05, 0) is 37.8 Å². The Hall–Kier alpha value is -2.28. The number of benzene rings is 1. The first-order valence-electron chi connectivity index (χ1n) is 8.10. The molecule has 0 saturated heterocycles. The molecule has 0 atom stereocenters. The lowest BCUT2D eigenvalue weighted by atomic mass is 9.86. The van der Waals surface area contributed by atoms with Crippen LogP contribution in [0.5, 0.6) is 5.75 Å². The van der Waals surface area contributed by atoms with E-state index >= 15 is 0 Å². The first-order chi connectivity index (χ1) is 11.6. The van der Waals surface area contributed by atoms with Crippen LogP contribution in [-0.2, 0) is 9.53 Å². The number of carbonyl (C=O) groups is 2. The minimum atomic E-state index is -0.747. The summed E-state index contributed by atoms with van der Waals surface area (Å²) in [6.45, 7) is 0.941. The highest BCUT2D eigenvalue weighted by atomic mass is 16.5. The number of methoxy groups -OCH3 is 1. The Balaban J connectivity index is 1.78. The van der Waals surface area contributed by atoms with E-state index in [0.29, 0.717) is 50.3 Å².